The summed E-state index contributed by atoms with van der Waals surface area (Å²) in [6, 6.07) is 11.5. The number of hydrogen-bond acceptors (Lipinski definition) is 3. The molecule has 24 heavy (non-hydrogen) atoms. The van der Waals surface area contributed by atoms with E-state index in [1.54, 1.807) is 13.1 Å². The molecule has 0 fully saturated rings. The topological polar surface area (TPSA) is 76.0 Å². The Labute approximate surface area is 142 Å². The lowest BCUT2D eigenvalue weighted by molar-refractivity contribution is -0.116. The summed E-state index contributed by atoms with van der Waals surface area (Å²) < 4.78 is 1.51. The SMILES string of the molecule is CCC(C)NC(=O)c1cc(NC(=O)CCc2ccccc2)n(C)n1. The van der Waals surface area contributed by atoms with Crippen LogP contribution in [-0.2, 0) is 18.3 Å². The fraction of sp³-hybridized carbons (Fsp3) is 0.389. The van der Waals surface area contributed by atoms with Gasteiger partial charge in [0.25, 0.3) is 5.91 Å². The second-order valence-electron chi connectivity index (χ2n) is 5.85. The van der Waals surface area contributed by atoms with Crippen LogP contribution in [0.2, 0.25) is 0 Å². The molecule has 2 N–H and O–H groups in total. The van der Waals surface area contributed by atoms with E-state index in [2.05, 4.69) is 15.7 Å². The lowest BCUT2D eigenvalue weighted by atomic mass is 10.1. The van der Waals surface area contributed by atoms with Gasteiger partial charge in [0.15, 0.2) is 5.69 Å². The second kappa shape index (κ2) is 8.29. The highest BCUT2D eigenvalue weighted by Crippen LogP contribution is 2.11. The molecule has 1 aromatic heterocycles. The van der Waals surface area contributed by atoms with Crippen LogP contribution >= 0.6 is 0 Å². The van der Waals surface area contributed by atoms with Gasteiger partial charge in [0.1, 0.15) is 5.82 Å². The Hall–Kier alpha value is -2.63. The zero-order chi connectivity index (χ0) is 17.5. The van der Waals surface area contributed by atoms with E-state index in [0.29, 0.717) is 24.4 Å². The van der Waals surface area contributed by atoms with Gasteiger partial charge < -0.3 is 10.6 Å². The molecule has 6 heteroatoms. The van der Waals surface area contributed by atoms with Gasteiger partial charge in [-0.25, -0.2) is 0 Å². The molecule has 2 aromatic rings. The Bertz CT molecular complexity index is 694. The van der Waals surface area contributed by atoms with Gasteiger partial charge >= 0.3 is 0 Å². The number of carbonyl (C=O) groups is 2. The van der Waals surface area contributed by atoms with Gasteiger partial charge in [-0.2, -0.15) is 5.10 Å². The number of hydrogen-bond donors (Lipinski definition) is 2. The quantitative estimate of drug-likeness (QED) is 0.820. The van der Waals surface area contributed by atoms with Crippen LogP contribution in [-0.4, -0.2) is 27.6 Å². The molecule has 6 nitrogen and oxygen atoms in total. The minimum Gasteiger partial charge on any atom is -0.348 e. The zero-order valence-electron chi connectivity index (χ0n) is 14.4. The molecule has 1 heterocycles. The Morgan fingerprint density at radius 1 is 1.25 bits per heavy atom. The molecule has 1 unspecified atom stereocenters. The maximum atomic E-state index is 12.1. The van der Waals surface area contributed by atoms with Crippen LogP contribution in [0, 0.1) is 0 Å². The average Bonchev–Trinajstić information content (AvgIpc) is 2.94. The number of nitrogens with one attached hydrogen (secondary N) is 2. The van der Waals surface area contributed by atoms with Crippen LogP contribution in [0.3, 0.4) is 0 Å². The molecular formula is C18H24N4O2. The number of amides is 2. The lowest BCUT2D eigenvalue weighted by Crippen LogP contribution is -2.32. The molecule has 0 spiro atoms. The molecule has 2 amide bonds. The van der Waals surface area contributed by atoms with Gasteiger partial charge in [-0.1, -0.05) is 37.3 Å². The summed E-state index contributed by atoms with van der Waals surface area (Å²) in [5, 5.41) is 9.82. The molecule has 0 aliphatic heterocycles. The summed E-state index contributed by atoms with van der Waals surface area (Å²) in [5.41, 5.74) is 1.42. The smallest absolute Gasteiger partial charge is 0.272 e. The van der Waals surface area contributed by atoms with Gasteiger partial charge in [0.05, 0.1) is 0 Å². The van der Waals surface area contributed by atoms with Gasteiger partial charge in [0.2, 0.25) is 5.91 Å². The molecule has 0 aliphatic carbocycles. The first-order chi connectivity index (χ1) is 11.5. The largest absolute Gasteiger partial charge is 0.348 e. The summed E-state index contributed by atoms with van der Waals surface area (Å²) in [4.78, 5) is 24.2. The van der Waals surface area contributed by atoms with Crippen LogP contribution < -0.4 is 10.6 Å². The molecule has 1 atom stereocenters. The van der Waals surface area contributed by atoms with Gasteiger partial charge in [-0.15, -0.1) is 0 Å². The highest BCUT2D eigenvalue weighted by atomic mass is 16.2. The van der Waals surface area contributed by atoms with E-state index in [4.69, 9.17) is 0 Å². The number of aryl methyl sites for hydroxylation is 2. The van der Waals surface area contributed by atoms with Crippen molar-refractivity contribution < 1.29 is 9.59 Å². The van der Waals surface area contributed by atoms with E-state index in [0.717, 1.165) is 12.0 Å². The Morgan fingerprint density at radius 2 is 1.96 bits per heavy atom. The Kier molecular flexibility index (Phi) is 6.12. The number of aromatic nitrogens is 2. The Morgan fingerprint density at radius 3 is 2.62 bits per heavy atom. The third-order valence-electron chi connectivity index (χ3n) is 3.85. The van der Waals surface area contributed by atoms with Crippen LogP contribution in [0.4, 0.5) is 5.82 Å². The molecule has 0 saturated heterocycles. The monoisotopic (exact) mass is 328 g/mol. The van der Waals surface area contributed by atoms with Crippen molar-refractivity contribution in [1.82, 2.24) is 15.1 Å². The third-order valence-corrected chi connectivity index (χ3v) is 3.85. The van der Waals surface area contributed by atoms with Crippen molar-refractivity contribution in [3.05, 3.63) is 47.7 Å². The molecular weight excluding hydrogens is 304 g/mol. The summed E-state index contributed by atoms with van der Waals surface area (Å²) in [6.07, 6.45) is 1.90. The molecule has 1 aromatic carbocycles. The fourth-order valence-corrected chi connectivity index (χ4v) is 2.20. The molecule has 0 bridgehead atoms. The first-order valence-electron chi connectivity index (χ1n) is 8.18. The van der Waals surface area contributed by atoms with Crippen molar-refractivity contribution in [3.63, 3.8) is 0 Å². The summed E-state index contributed by atoms with van der Waals surface area (Å²) in [5.74, 6) is 0.183. The van der Waals surface area contributed by atoms with Crippen LogP contribution in [0.15, 0.2) is 36.4 Å². The average molecular weight is 328 g/mol. The maximum absolute atomic E-state index is 12.1. The predicted octanol–water partition coefficient (Wildman–Crippen LogP) is 2.52. The predicted molar refractivity (Wildman–Crippen MR) is 93.8 cm³/mol. The van der Waals surface area contributed by atoms with Crippen LogP contribution in [0.1, 0.15) is 42.7 Å². The Balaban J connectivity index is 1.92. The fourth-order valence-electron chi connectivity index (χ4n) is 2.20. The minimum absolute atomic E-state index is 0.0865. The van der Waals surface area contributed by atoms with Crippen molar-refractivity contribution in [3.8, 4) is 0 Å². The molecule has 2 rings (SSSR count). The maximum Gasteiger partial charge on any atom is 0.272 e. The molecule has 0 saturated carbocycles. The zero-order valence-corrected chi connectivity index (χ0v) is 14.4. The number of benzene rings is 1. The second-order valence-corrected chi connectivity index (χ2v) is 5.85. The van der Waals surface area contributed by atoms with E-state index in [1.807, 2.05) is 44.2 Å². The van der Waals surface area contributed by atoms with E-state index >= 15 is 0 Å². The van der Waals surface area contributed by atoms with E-state index < -0.39 is 0 Å². The van der Waals surface area contributed by atoms with Crippen molar-refractivity contribution in [2.45, 2.75) is 39.2 Å². The number of nitrogens with zero attached hydrogens (tertiary/aromatic N) is 2. The first-order valence-corrected chi connectivity index (χ1v) is 8.18. The molecule has 128 valence electrons. The number of rotatable bonds is 7. The van der Waals surface area contributed by atoms with Gasteiger partial charge in [0, 0.05) is 25.6 Å². The number of carbonyl (C=O) groups excluding carboxylic acids is 2. The highest BCUT2D eigenvalue weighted by Gasteiger charge is 2.15. The molecule has 0 radical (unpaired) electrons. The summed E-state index contributed by atoms with van der Waals surface area (Å²) in [6.45, 7) is 3.94. The van der Waals surface area contributed by atoms with Gasteiger partial charge in [-0.05, 0) is 25.3 Å². The van der Waals surface area contributed by atoms with Crippen molar-refractivity contribution in [2.75, 3.05) is 5.32 Å². The summed E-state index contributed by atoms with van der Waals surface area (Å²) in [7, 11) is 1.70. The van der Waals surface area contributed by atoms with E-state index in [1.165, 1.54) is 4.68 Å². The van der Waals surface area contributed by atoms with E-state index in [9.17, 15) is 9.59 Å². The standard InChI is InChI=1S/C18H24N4O2/c1-4-13(2)19-18(24)15-12-16(22(3)21-15)20-17(23)11-10-14-8-6-5-7-9-14/h5-9,12-13H,4,10-11H2,1-3H3,(H,19,24)(H,20,23). The minimum atomic E-state index is -0.232. The highest BCUT2D eigenvalue weighted by molar-refractivity contribution is 5.95. The van der Waals surface area contributed by atoms with Crippen LogP contribution in [0.25, 0.3) is 0 Å². The van der Waals surface area contributed by atoms with Crippen molar-refractivity contribution >= 4 is 17.6 Å². The third kappa shape index (κ3) is 4.94. The summed E-state index contributed by atoms with van der Waals surface area (Å²) >= 11 is 0. The van der Waals surface area contributed by atoms with Crippen LogP contribution in [0.5, 0.6) is 0 Å². The number of anilines is 1. The van der Waals surface area contributed by atoms with E-state index in [-0.39, 0.29) is 17.9 Å². The normalized spacial score (nSPS) is 11.8. The van der Waals surface area contributed by atoms with Crippen molar-refractivity contribution in [2.24, 2.45) is 7.05 Å². The first kappa shape index (κ1) is 17.7. The van der Waals surface area contributed by atoms with Crippen molar-refractivity contribution in [1.29, 1.82) is 0 Å². The lowest BCUT2D eigenvalue weighted by Gasteiger charge is -2.09. The molecule has 0 aliphatic rings. The van der Waals surface area contributed by atoms with Gasteiger partial charge in [-0.3, -0.25) is 14.3 Å².